The molecule has 2 atom stereocenters. The summed E-state index contributed by atoms with van der Waals surface area (Å²) in [6.07, 6.45) is 1.35. The summed E-state index contributed by atoms with van der Waals surface area (Å²) in [6.45, 7) is 5.94. The van der Waals surface area contributed by atoms with E-state index in [2.05, 4.69) is 15.3 Å². The molecule has 1 amide bonds. The summed E-state index contributed by atoms with van der Waals surface area (Å²) in [6, 6.07) is 5.57. The van der Waals surface area contributed by atoms with Gasteiger partial charge in [0.1, 0.15) is 17.6 Å². The molecular weight excluding hydrogens is 454 g/mol. The molecule has 2 unspecified atom stereocenters. The van der Waals surface area contributed by atoms with Crippen LogP contribution in [0.4, 0.5) is 0 Å². The number of aromatic amines is 1. The maximum atomic E-state index is 12.7. The lowest BCUT2D eigenvalue weighted by Gasteiger charge is -2.17. The maximum Gasteiger partial charge on any atom is 0.328 e. The number of benzene rings is 1. The number of fused-ring (bicyclic) bond motifs is 1. The molecule has 0 bridgehead atoms. The molecule has 0 spiro atoms. The van der Waals surface area contributed by atoms with E-state index >= 15 is 0 Å². The number of esters is 2. The summed E-state index contributed by atoms with van der Waals surface area (Å²) in [7, 11) is 0. The molecule has 1 aromatic carbocycles. The molecule has 0 radical (unpaired) electrons. The molecule has 0 fully saturated rings. The van der Waals surface area contributed by atoms with Crippen LogP contribution >= 0.6 is 0 Å². The molecular formula is C25H31N3O7. The van der Waals surface area contributed by atoms with Crippen LogP contribution in [0.25, 0.3) is 0 Å². The molecule has 2 N–H and O–H groups in total. The van der Waals surface area contributed by atoms with Crippen LogP contribution in [0, 0.1) is 12.8 Å². The number of H-pyrrole nitrogens is 1. The number of hydrogen-bond donors (Lipinski definition) is 2. The molecule has 0 aliphatic heterocycles. The number of rotatable bonds is 11. The lowest BCUT2D eigenvalue weighted by molar-refractivity contribution is -0.146. The van der Waals surface area contributed by atoms with E-state index in [0.717, 1.165) is 11.3 Å². The van der Waals surface area contributed by atoms with E-state index in [-0.39, 0.29) is 37.5 Å². The summed E-state index contributed by atoms with van der Waals surface area (Å²) in [4.78, 5) is 55.8. The van der Waals surface area contributed by atoms with Gasteiger partial charge in [0.15, 0.2) is 0 Å². The predicted octanol–water partition coefficient (Wildman–Crippen LogP) is 1.88. The Morgan fingerprint density at radius 1 is 1.11 bits per heavy atom. The van der Waals surface area contributed by atoms with Gasteiger partial charge in [-0.15, -0.1) is 0 Å². The third-order valence-electron chi connectivity index (χ3n) is 5.62. The Hall–Kier alpha value is -3.69. The fraction of sp³-hybridized carbons (Fsp3) is 0.480. The molecule has 1 aromatic heterocycles. The maximum absolute atomic E-state index is 12.7. The van der Waals surface area contributed by atoms with Crippen molar-refractivity contribution in [3.63, 3.8) is 0 Å². The minimum atomic E-state index is -0.966. The molecule has 10 nitrogen and oxygen atoms in total. The van der Waals surface area contributed by atoms with Gasteiger partial charge in [-0.2, -0.15) is 0 Å². The number of carbonyl (C=O) groups excluding carboxylic acids is 3. The van der Waals surface area contributed by atoms with E-state index < -0.39 is 23.9 Å². The van der Waals surface area contributed by atoms with Crippen LogP contribution in [0.15, 0.2) is 29.1 Å². The lowest BCUT2D eigenvalue weighted by Crippen LogP contribution is -2.42. The minimum absolute atomic E-state index is 0.0175. The van der Waals surface area contributed by atoms with E-state index in [4.69, 9.17) is 14.2 Å². The summed E-state index contributed by atoms with van der Waals surface area (Å²) >= 11 is 0. The van der Waals surface area contributed by atoms with Crippen LogP contribution in [0.1, 0.15) is 54.1 Å². The normalized spacial score (nSPS) is 15.1. The van der Waals surface area contributed by atoms with Crippen molar-refractivity contribution in [1.29, 1.82) is 0 Å². The number of nitrogens with zero attached hydrogens (tertiary/aromatic N) is 1. The number of aromatic nitrogens is 2. The van der Waals surface area contributed by atoms with Crippen molar-refractivity contribution in [2.24, 2.45) is 5.92 Å². The summed E-state index contributed by atoms with van der Waals surface area (Å²) < 4.78 is 15.8. The highest BCUT2D eigenvalue weighted by Crippen LogP contribution is 2.24. The van der Waals surface area contributed by atoms with Crippen molar-refractivity contribution in [1.82, 2.24) is 15.3 Å². The van der Waals surface area contributed by atoms with Crippen molar-refractivity contribution in [2.45, 2.75) is 52.5 Å². The topological polar surface area (TPSA) is 137 Å². The zero-order valence-electron chi connectivity index (χ0n) is 20.2. The fourth-order valence-corrected chi connectivity index (χ4v) is 3.95. The van der Waals surface area contributed by atoms with E-state index in [1.165, 1.54) is 0 Å². The highest BCUT2D eigenvalue weighted by Gasteiger charge is 2.27. The van der Waals surface area contributed by atoms with Gasteiger partial charge in [-0.3, -0.25) is 14.4 Å². The first kappa shape index (κ1) is 25.9. The largest absolute Gasteiger partial charge is 0.493 e. The number of amides is 1. The van der Waals surface area contributed by atoms with E-state index in [1.807, 2.05) is 0 Å². The number of aryl methyl sites for hydroxylation is 1. The van der Waals surface area contributed by atoms with E-state index in [0.29, 0.717) is 36.6 Å². The Labute approximate surface area is 203 Å². The Morgan fingerprint density at radius 3 is 2.51 bits per heavy atom. The molecule has 0 saturated heterocycles. The van der Waals surface area contributed by atoms with Gasteiger partial charge in [0, 0.05) is 23.5 Å². The number of carbonyl (C=O) groups is 3. The molecule has 188 valence electrons. The molecule has 3 rings (SSSR count). The van der Waals surface area contributed by atoms with Gasteiger partial charge in [0.25, 0.3) is 11.5 Å². The van der Waals surface area contributed by atoms with Gasteiger partial charge < -0.3 is 24.5 Å². The number of hydrogen-bond acceptors (Lipinski definition) is 8. The molecule has 1 aliphatic rings. The van der Waals surface area contributed by atoms with Crippen molar-refractivity contribution >= 4 is 17.8 Å². The molecule has 1 heterocycles. The number of nitrogens with one attached hydrogen (secondary N) is 2. The zero-order valence-corrected chi connectivity index (χ0v) is 20.2. The first-order valence-electron chi connectivity index (χ1n) is 11.7. The Balaban J connectivity index is 1.54. The van der Waals surface area contributed by atoms with Crippen LogP contribution in [0.2, 0.25) is 0 Å². The van der Waals surface area contributed by atoms with Gasteiger partial charge >= 0.3 is 11.9 Å². The van der Waals surface area contributed by atoms with Gasteiger partial charge in [0.05, 0.1) is 25.5 Å². The predicted molar refractivity (Wildman–Crippen MR) is 126 cm³/mol. The first-order chi connectivity index (χ1) is 16.8. The molecule has 0 saturated carbocycles. The first-order valence-corrected chi connectivity index (χ1v) is 11.7. The fourth-order valence-electron chi connectivity index (χ4n) is 3.95. The Kier molecular flexibility index (Phi) is 8.99. The van der Waals surface area contributed by atoms with Crippen LogP contribution in [-0.2, 0) is 31.9 Å². The van der Waals surface area contributed by atoms with Crippen LogP contribution in [0.5, 0.6) is 5.75 Å². The van der Waals surface area contributed by atoms with Gasteiger partial charge in [-0.05, 0) is 64.3 Å². The average molecular weight is 486 g/mol. The van der Waals surface area contributed by atoms with Crippen molar-refractivity contribution in [3.8, 4) is 5.75 Å². The number of ether oxygens (including phenoxy) is 3. The Morgan fingerprint density at radius 2 is 1.83 bits per heavy atom. The summed E-state index contributed by atoms with van der Waals surface area (Å²) in [5, 5.41) is 2.63. The second-order valence-electron chi connectivity index (χ2n) is 8.31. The standard InChI is InChI=1S/C25H31N3O7/c1-4-33-22(29)11-10-20(25(32)34-5-2)28-23(30)17-6-8-18(9-7-17)35-14-16-12-19-21(13-16)26-15(3)27-24(19)31/h6-9,16,20H,4-5,10-14H2,1-3H3,(H,28,30)(H,26,27,31). The van der Waals surface area contributed by atoms with Crippen molar-refractivity contribution < 1.29 is 28.6 Å². The smallest absolute Gasteiger partial charge is 0.328 e. The van der Waals surface area contributed by atoms with Crippen LogP contribution < -0.4 is 15.6 Å². The monoisotopic (exact) mass is 485 g/mol. The van der Waals surface area contributed by atoms with E-state index in [9.17, 15) is 19.2 Å². The van der Waals surface area contributed by atoms with Crippen molar-refractivity contribution in [2.75, 3.05) is 19.8 Å². The second-order valence-corrected chi connectivity index (χ2v) is 8.31. The SMILES string of the molecule is CCOC(=O)CCC(NC(=O)c1ccc(OCC2Cc3nc(C)[nH]c(=O)c3C2)cc1)C(=O)OCC. The highest BCUT2D eigenvalue weighted by atomic mass is 16.5. The van der Waals surface area contributed by atoms with Gasteiger partial charge in [0.2, 0.25) is 0 Å². The lowest BCUT2D eigenvalue weighted by atomic mass is 10.1. The second kappa shape index (κ2) is 12.1. The molecule has 10 heteroatoms. The Bertz CT molecular complexity index is 1110. The minimum Gasteiger partial charge on any atom is -0.493 e. The third-order valence-corrected chi connectivity index (χ3v) is 5.62. The van der Waals surface area contributed by atoms with Gasteiger partial charge in [-0.1, -0.05) is 0 Å². The van der Waals surface area contributed by atoms with E-state index in [1.54, 1.807) is 45.0 Å². The van der Waals surface area contributed by atoms with Gasteiger partial charge in [-0.25, -0.2) is 9.78 Å². The molecule has 35 heavy (non-hydrogen) atoms. The highest BCUT2D eigenvalue weighted by molar-refractivity contribution is 5.97. The summed E-state index contributed by atoms with van der Waals surface area (Å²) in [5.41, 5.74) is 1.79. The molecule has 2 aromatic rings. The third kappa shape index (κ3) is 7.14. The van der Waals surface area contributed by atoms with Crippen LogP contribution in [0.3, 0.4) is 0 Å². The average Bonchev–Trinajstić information content (AvgIpc) is 3.24. The van der Waals surface area contributed by atoms with Crippen LogP contribution in [-0.4, -0.2) is 53.7 Å². The quantitative estimate of drug-likeness (QED) is 0.461. The van der Waals surface area contributed by atoms with Crippen molar-refractivity contribution in [3.05, 3.63) is 57.3 Å². The zero-order chi connectivity index (χ0) is 25.4. The molecule has 1 aliphatic carbocycles. The summed E-state index contributed by atoms with van der Waals surface area (Å²) in [5.74, 6) is -0.182.